The van der Waals surface area contributed by atoms with Crippen LogP contribution in [0, 0.1) is 29.6 Å². The number of ether oxygens (including phenoxy) is 1. The fourth-order valence-corrected chi connectivity index (χ4v) is 15.8. The van der Waals surface area contributed by atoms with E-state index in [1.54, 1.807) is 90.6 Å². The van der Waals surface area contributed by atoms with Crippen molar-refractivity contribution in [2.45, 2.75) is 210 Å². The normalized spacial score (nSPS) is 24.3. The lowest BCUT2D eigenvalue weighted by atomic mass is 9.93. The van der Waals surface area contributed by atoms with E-state index in [2.05, 4.69) is 37.7 Å². The van der Waals surface area contributed by atoms with Gasteiger partial charge in [0.1, 0.15) is 42.3 Å². The van der Waals surface area contributed by atoms with Gasteiger partial charge in [0.05, 0.1) is 22.5 Å². The monoisotopic (exact) mass is 1510 g/mol. The highest BCUT2D eigenvalue weighted by atomic mass is 32.2. The largest absolute Gasteiger partial charge is 0.450 e. The number of fused-ring (bicyclic) bond motifs is 3. The van der Waals surface area contributed by atoms with E-state index >= 15 is 9.59 Å². The molecular weight excluding hydrogens is 1390 g/mol. The van der Waals surface area contributed by atoms with Crippen LogP contribution in [0.3, 0.4) is 0 Å². The number of para-hydroxylation sites is 1. The number of benzene rings is 4. The topological polar surface area (TPSA) is 245 Å². The predicted octanol–water partition coefficient (Wildman–Crippen LogP) is 9.32. The number of esters is 1. The molecular formula is C81H116F3N11O11S. The number of anilines is 2. The lowest BCUT2D eigenvalue weighted by Crippen LogP contribution is -2.63. The Bertz CT molecular complexity index is 3690. The summed E-state index contributed by atoms with van der Waals surface area (Å²) in [5.74, 6) is -8.65. The molecule has 0 aliphatic carbocycles. The second-order valence-corrected chi connectivity index (χ2v) is 32.2. The minimum Gasteiger partial charge on any atom is -0.450 e. The Hall–Kier alpha value is -8.07. The number of cyclic esters (lactones) is 1. The van der Waals surface area contributed by atoms with Gasteiger partial charge in [-0.15, -0.1) is 0 Å². The Morgan fingerprint density at radius 1 is 0.561 bits per heavy atom. The zero-order valence-electron chi connectivity index (χ0n) is 65.7. The van der Waals surface area contributed by atoms with Crippen LogP contribution in [0.4, 0.5) is 24.5 Å². The third kappa shape index (κ3) is 22.1. The van der Waals surface area contributed by atoms with Crippen molar-refractivity contribution in [3.05, 3.63) is 120 Å². The van der Waals surface area contributed by atoms with Gasteiger partial charge < -0.3 is 65.0 Å². The molecule has 4 N–H and O–H groups in total. The van der Waals surface area contributed by atoms with Crippen molar-refractivity contribution in [2.24, 2.45) is 29.6 Å². The summed E-state index contributed by atoms with van der Waals surface area (Å²) in [5.41, 5.74) is 0.523. The predicted molar refractivity (Wildman–Crippen MR) is 409 cm³/mol. The highest BCUT2D eigenvalue weighted by Crippen LogP contribution is 2.49. The van der Waals surface area contributed by atoms with Gasteiger partial charge in [-0.1, -0.05) is 160 Å². The molecule has 8 amide bonds. The lowest BCUT2D eigenvalue weighted by Gasteiger charge is -2.39. The second-order valence-electron chi connectivity index (χ2n) is 31.1. The van der Waals surface area contributed by atoms with E-state index in [9.17, 15) is 51.8 Å². The first-order valence-corrected chi connectivity index (χ1v) is 38.7. The molecule has 0 aromatic heterocycles. The van der Waals surface area contributed by atoms with Crippen LogP contribution in [-0.2, 0) is 66.9 Å². The molecule has 0 unspecified atom stereocenters. The van der Waals surface area contributed by atoms with Gasteiger partial charge in [-0.2, -0.15) is 13.2 Å². The van der Waals surface area contributed by atoms with Crippen LogP contribution in [-0.4, -0.2) is 234 Å². The highest BCUT2D eigenvalue weighted by Gasteiger charge is 2.48. The van der Waals surface area contributed by atoms with E-state index in [0.29, 0.717) is 37.1 Å². The van der Waals surface area contributed by atoms with Crippen molar-refractivity contribution in [2.75, 3.05) is 86.0 Å². The molecule has 0 saturated carbocycles. The van der Waals surface area contributed by atoms with E-state index in [0.717, 1.165) is 65.1 Å². The molecule has 4 aromatic rings. The number of piperazine rings is 1. The number of likely N-dealkylation sites (N-methyl/N-ethyl adjacent to an activating group) is 5. The minimum atomic E-state index is -4.33. The molecule has 4 aromatic carbocycles. The number of hydrogen-bond donors (Lipinski definition) is 4. The van der Waals surface area contributed by atoms with Crippen molar-refractivity contribution in [1.29, 1.82) is 0 Å². The number of halogens is 3. The van der Waals surface area contributed by atoms with Gasteiger partial charge in [0.25, 0.3) is 5.91 Å². The van der Waals surface area contributed by atoms with Gasteiger partial charge in [-0.3, -0.25) is 38.4 Å². The van der Waals surface area contributed by atoms with Gasteiger partial charge in [0.15, 0.2) is 12.1 Å². The van der Waals surface area contributed by atoms with Crippen molar-refractivity contribution < 1.29 is 66.2 Å². The van der Waals surface area contributed by atoms with Crippen molar-refractivity contribution >= 4 is 76.4 Å². The van der Waals surface area contributed by atoms with E-state index in [4.69, 9.17) is 4.74 Å². The molecule has 4 aliphatic heterocycles. The van der Waals surface area contributed by atoms with Crippen LogP contribution < -0.4 is 20.9 Å². The standard InChI is InChI=1S/C60H92N8O11.C21H24F3N3S/c1-17-38(9)46-57(75)65(14)47(36(5)6)52(70)61-42(32-35(3)4)55(73)67(16)50(60(11,12)78)59(77)79-49(39(10)18-2)58(76)66(15)48(37(7)8)53(71)62-43(33-40-26-21-19-22-27-40)54(72)64(13)45(34-41-28-23-20-24-29-41)56(74)68-31-25-30-44(68)51(69)63-46;1-25-11-13-26(14-12-25)9-4-10-27-17-5-2-3-6-19(17)28-20-8-7-16(15-18(20)27)21(22,23)24/h19-24,26-29,35-39,42-50,78H,17-18,25,30-34H2,1-16H3,(H,61,70)(H,62,71)(H,63,69);2-3,5-8,15H,4,9-14H2,1H3/t38-,39+,42-,43-,44-,45-,46-,47-,48-,49+,50-;/m0./s1. The molecule has 0 spiro atoms. The summed E-state index contributed by atoms with van der Waals surface area (Å²) in [7, 11) is 7.80. The highest BCUT2D eigenvalue weighted by molar-refractivity contribution is 7.99. The summed E-state index contributed by atoms with van der Waals surface area (Å²) >= 11 is 1.54. The van der Waals surface area contributed by atoms with Crippen LogP contribution in [0.25, 0.3) is 0 Å². The van der Waals surface area contributed by atoms with Crippen molar-refractivity contribution in [3.63, 3.8) is 0 Å². The Morgan fingerprint density at radius 3 is 1.64 bits per heavy atom. The van der Waals surface area contributed by atoms with Crippen LogP contribution in [0.2, 0.25) is 0 Å². The van der Waals surface area contributed by atoms with E-state index < -0.39 is 149 Å². The zero-order chi connectivity index (χ0) is 79.1. The average molecular weight is 1510 g/mol. The molecule has 4 heterocycles. The third-order valence-corrected chi connectivity index (χ3v) is 22.3. The van der Waals surface area contributed by atoms with Crippen molar-refractivity contribution in [1.82, 2.24) is 50.2 Å². The van der Waals surface area contributed by atoms with Gasteiger partial charge in [-0.25, -0.2) is 4.79 Å². The van der Waals surface area contributed by atoms with Crippen LogP contribution in [0.15, 0.2) is 113 Å². The van der Waals surface area contributed by atoms with Gasteiger partial charge in [0.2, 0.25) is 41.4 Å². The molecule has 26 heteroatoms. The van der Waals surface area contributed by atoms with E-state index in [1.165, 1.54) is 73.8 Å². The Balaban J connectivity index is 0.000000469. The van der Waals surface area contributed by atoms with Crippen LogP contribution in [0.5, 0.6) is 0 Å². The number of alkyl halides is 3. The molecule has 3 saturated heterocycles. The van der Waals surface area contributed by atoms with Gasteiger partial charge in [-0.05, 0) is 125 Å². The summed E-state index contributed by atoms with van der Waals surface area (Å²) in [4.78, 5) is 149. The molecule has 588 valence electrons. The molecule has 22 nitrogen and oxygen atoms in total. The molecule has 0 radical (unpaired) electrons. The minimum absolute atomic E-state index is 0.00676. The maximum atomic E-state index is 15.3. The second kappa shape index (κ2) is 38.3. The molecule has 4 aliphatic rings. The molecule has 3 fully saturated rings. The number of amides is 8. The van der Waals surface area contributed by atoms with E-state index in [-0.39, 0.29) is 38.1 Å². The Morgan fingerprint density at radius 2 is 1.09 bits per heavy atom. The molecule has 107 heavy (non-hydrogen) atoms. The number of carbonyl (C=O) groups is 9. The maximum absolute atomic E-state index is 15.3. The summed E-state index contributed by atoms with van der Waals surface area (Å²) in [5, 5.41) is 20.5. The van der Waals surface area contributed by atoms with Crippen molar-refractivity contribution in [3.8, 4) is 0 Å². The first kappa shape index (κ1) is 86.2. The summed E-state index contributed by atoms with van der Waals surface area (Å²) in [6.45, 7) is 26.6. The van der Waals surface area contributed by atoms with Gasteiger partial charge in [0, 0.05) is 96.0 Å². The summed E-state index contributed by atoms with van der Waals surface area (Å²) < 4.78 is 45.9. The maximum Gasteiger partial charge on any atom is 0.416 e. The number of aliphatic hydroxyl groups is 1. The van der Waals surface area contributed by atoms with E-state index in [1.807, 2.05) is 81.4 Å². The fraction of sp³-hybridized carbons (Fsp3) is 0.593. The number of hydrogen-bond acceptors (Lipinski definition) is 15. The first-order valence-electron chi connectivity index (χ1n) is 37.9. The molecule has 8 rings (SSSR count). The number of nitrogens with zero attached hydrogens (tertiary/aromatic N) is 8. The summed E-state index contributed by atoms with van der Waals surface area (Å²) in [6.07, 6.45) is -3.32. The number of carbonyl (C=O) groups excluding carboxylic acids is 9. The fourth-order valence-electron chi connectivity index (χ4n) is 14.7. The summed E-state index contributed by atoms with van der Waals surface area (Å²) in [6, 6.07) is 20.2. The number of nitrogens with one attached hydrogen (secondary N) is 3. The average Bonchev–Trinajstić information content (AvgIpc) is 0.966. The number of rotatable bonds is 17. The van der Waals surface area contributed by atoms with Crippen LogP contribution >= 0.6 is 11.8 Å². The molecule has 11 atom stereocenters. The van der Waals surface area contributed by atoms with Gasteiger partial charge >= 0.3 is 12.1 Å². The smallest absolute Gasteiger partial charge is 0.416 e. The third-order valence-electron chi connectivity index (χ3n) is 21.2. The molecule has 0 bridgehead atoms. The lowest BCUT2D eigenvalue weighted by molar-refractivity contribution is -0.177. The first-order chi connectivity index (χ1) is 50.4. The SMILES string of the molecule is CC[C@@H](C)[C@H]1OC(=O)[C@@H](C(C)(C)O)N(C)C(=O)[C@H](CC(C)C)NC(=O)[C@H](C(C)C)N(C)C(=O)[C@H]([C@@H](C)CC)NC(=O)[C@@H]2CCCN2C(=O)[C@H](Cc2ccccc2)N(C)C(=O)[C@H](Cc2ccccc2)NC(=O)[C@H](C(C)C)N(C)C1=O.CN1CCN(CCCN2c3ccccc3Sc3ccc(C(F)(F)F)cc32)CC1. The Labute approximate surface area is 635 Å². The quantitative estimate of drug-likeness (QED) is 0.0720. The Kier molecular flexibility index (Phi) is 30.9. The van der Waals surface area contributed by atoms with Crippen LogP contribution in [0.1, 0.15) is 138 Å². The zero-order valence-corrected chi connectivity index (χ0v) is 66.5.